The van der Waals surface area contributed by atoms with Crippen molar-refractivity contribution in [3.8, 4) is 6.07 Å². The second-order valence-electron chi connectivity index (χ2n) is 10.1. The number of ketones is 1. The average molecular weight is 363 g/mol. The van der Waals surface area contributed by atoms with Gasteiger partial charge in [0.05, 0.1) is 29.2 Å². The highest BCUT2D eigenvalue weighted by molar-refractivity contribution is 5.87. The predicted octanol–water partition coefficient (Wildman–Crippen LogP) is 2.54. The summed E-state index contributed by atoms with van der Waals surface area (Å²) in [4.78, 5) is 13.3. The van der Waals surface area contributed by atoms with E-state index in [1.165, 1.54) is 0 Å². The summed E-state index contributed by atoms with van der Waals surface area (Å²) in [5, 5.41) is 31.5. The molecule has 0 saturated heterocycles. The van der Waals surface area contributed by atoms with Crippen molar-refractivity contribution in [1.29, 1.82) is 5.26 Å². The van der Waals surface area contributed by atoms with Crippen molar-refractivity contribution in [2.75, 3.05) is 0 Å². The number of nitrogens with zero attached hydrogens (tertiary/aromatic N) is 1. The number of carbonyl (C=O) groups is 1. The van der Waals surface area contributed by atoms with Crippen LogP contribution in [-0.4, -0.2) is 33.2 Å². The van der Waals surface area contributed by atoms with E-state index in [0.717, 1.165) is 6.42 Å². The molecule has 0 aliphatic heterocycles. The fraction of sp³-hybridized carbons (Fsp3) is 0.905. The predicted molar refractivity (Wildman–Crippen MR) is 98.8 cm³/mol. The van der Waals surface area contributed by atoms with E-state index in [0.29, 0.717) is 50.9 Å². The van der Waals surface area contributed by atoms with Crippen molar-refractivity contribution in [2.24, 2.45) is 34.8 Å². The van der Waals surface area contributed by atoms with Crippen molar-refractivity contribution < 1.29 is 15.0 Å². The molecule has 146 valence electrons. The van der Waals surface area contributed by atoms with Gasteiger partial charge in [-0.15, -0.1) is 0 Å². The number of Topliss-reactive ketones (excluding diaryl/α,β-unsaturated/α-hetero) is 1. The minimum atomic E-state index is -0.889. The molecule has 5 unspecified atom stereocenters. The number of aliphatic hydroxyl groups is 2. The molecule has 4 aliphatic rings. The van der Waals surface area contributed by atoms with Crippen molar-refractivity contribution in [3.05, 3.63) is 0 Å². The monoisotopic (exact) mass is 362 g/mol. The maximum absolute atomic E-state index is 13.3. The molecule has 4 fully saturated rings. The third kappa shape index (κ3) is 3.32. The standard InChI is InChI=1S/C21H34N2O3/c1-4-16(15(9-22)5-13(2)3)17(24)18(23)19-6-14-7-20(25,10-19)12-21(26,8-14)11-19/h13-16,18,25-26H,4-8,10-12,23H2,1-3H3. The largest absolute Gasteiger partial charge is 0.390 e. The van der Waals surface area contributed by atoms with Crippen LogP contribution in [0.3, 0.4) is 0 Å². The van der Waals surface area contributed by atoms with E-state index in [9.17, 15) is 20.3 Å². The van der Waals surface area contributed by atoms with Gasteiger partial charge in [-0.2, -0.15) is 5.26 Å². The van der Waals surface area contributed by atoms with Gasteiger partial charge in [0.1, 0.15) is 0 Å². The summed E-state index contributed by atoms with van der Waals surface area (Å²) in [6.07, 6.45) is 4.94. The zero-order valence-corrected chi connectivity index (χ0v) is 16.4. The number of carbonyl (C=O) groups excluding carboxylic acids is 1. The van der Waals surface area contributed by atoms with Crippen LogP contribution in [0.4, 0.5) is 0 Å². The first-order valence-electron chi connectivity index (χ1n) is 10.2. The summed E-state index contributed by atoms with van der Waals surface area (Å²) in [5.41, 5.74) is 4.25. The Kier molecular flexibility index (Phi) is 5.01. The highest BCUT2D eigenvalue weighted by Crippen LogP contribution is 2.64. The first kappa shape index (κ1) is 19.8. The van der Waals surface area contributed by atoms with Gasteiger partial charge in [-0.1, -0.05) is 20.8 Å². The molecule has 4 bridgehead atoms. The maximum atomic E-state index is 13.3. The number of nitriles is 1. The topological polar surface area (TPSA) is 107 Å². The lowest BCUT2D eigenvalue weighted by Crippen LogP contribution is -2.68. The van der Waals surface area contributed by atoms with Crippen LogP contribution in [0.15, 0.2) is 0 Å². The van der Waals surface area contributed by atoms with Crippen LogP contribution < -0.4 is 5.73 Å². The van der Waals surface area contributed by atoms with E-state index in [1.54, 1.807) is 0 Å². The summed E-state index contributed by atoms with van der Waals surface area (Å²) in [7, 11) is 0. The molecule has 5 atom stereocenters. The molecular weight excluding hydrogens is 328 g/mol. The Morgan fingerprint density at radius 2 is 1.77 bits per heavy atom. The minimum absolute atomic E-state index is 0.0474. The Morgan fingerprint density at radius 1 is 1.19 bits per heavy atom. The number of hydrogen-bond donors (Lipinski definition) is 3. The van der Waals surface area contributed by atoms with Crippen LogP contribution >= 0.6 is 0 Å². The van der Waals surface area contributed by atoms with Gasteiger partial charge in [0.25, 0.3) is 0 Å². The van der Waals surface area contributed by atoms with Gasteiger partial charge < -0.3 is 15.9 Å². The van der Waals surface area contributed by atoms with Gasteiger partial charge in [0.15, 0.2) is 5.78 Å². The van der Waals surface area contributed by atoms with Gasteiger partial charge in [0, 0.05) is 12.3 Å². The lowest BCUT2D eigenvalue weighted by Gasteiger charge is -2.64. The third-order valence-electron chi connectivity index (χ3n) is 7.20. The van der Waals surface area contributed by atoms with Gasteiger partial charge in [-0.3, -0.25) is 4.79 Å². The van der Waals surface area contributed by atoms with Gasteiger partial charge >= 0.3 is 0 Å². The maximum Gasteiger partial charge on any atom is 0.154 e. The lowest BCUT2D eigenvalue weighted by molar-refractivity contribution is -0.234. The molecule has 0 heterocycles. The fourth-order valence-corrected chi connectivity index (χ4v) is 6.79. The Bertz CT molecular complexity index is 593. The number of rotatable bonds is 7. The summed E-state index contributed by atoms with van der Waals surface area (Å²) in [6, 6.07) is 1.62. The first-order chi connectivity index (χ1) is 12.1. The summed E-state index contributed by atoms with van der Waals surface area (Å²) >= 11 is 0. The lowest BCUT2D eigenvalue weighted by atomic mass is 9.44. The molecule has 4 saturated carbocycles. The second kappa shape index (κ2) is 6.58. The zero-order chi connectivity index (χ0) is 19.3. The van der Waals surface area contributed by atoms with Crippen LogP contribution in [0.1, 0.15) is 72.1 Å². The van der Waals surface area contributed by atoms with Crippen LogP contribution in [-0.2, 0) is 4.79 Å². The quantitative estimate of drug-likeness (QED) is 0.645. The Morgan fingerprint density at radius 3 is 2.19 bits per heavy atom. The number of nitrogens with two attached hydrogens (primary N) is 1. The molecule has 4 rings (SSSR count). The van der Waals surface area contributed by atoms with Crippen LogP contribution in [0.25, 0.3) is 0 Å². The normalized spacial score (nSPS) is 41.7. The second-order valence-corrected chi connectivity index (χ2v) is 10.1. The molecule has 0 aromatic rings. The van der Waals surface area contributed by atoms with E-state index < -0.39 is 22.7 Å². The van der Waals surface area contributed by atoms with Crippen LogP contribution in [0, 0.1) is 40.4 Å². The van der Waals surface area contributed by atoms with Crippen molar-refractivity contribution in [1.82, 2.24) is 0 Å². The molecule has 5 heteroatoms. The minimum Gasteiger partial charge on any atom is -0.390 e. The third-order valence-corrected chi connectivity index (χ3v) is 7.20. The van der Waals surface area contributed by atoms with Gasteiger partial charge in [-0.05, 0) is 62.2 Å². The fourth-order valence-electron chi connectivity index (χ4n) is 6.79. The molecule has 0 aromatic carbocycles. The first-order valence-corrected chi connectivity index (χ1v) is 10.2. The van der Waals surface area contributed by atoms with E-state index in [2.05, 4.69) is 19.9 Å². The van der Waals surface area contributed by atoms with Gasteiger partial charge in [0.2, 0.25) is 0 Å². The zero-order valence-electron chi connectivity index (χ0n) is 16.4. The SMILES string of the molecule is CCC(C(=O)C(N)C12CC3CC(O)(CC(O)(C3)C1)C2)C(C#N)CC(C)C. The molecular formula is C21H34N2O3. The van der Waals surface area contributed by atoms with E-state index >= 15 is 0 Å². The van der Waals surface area contributed by atoms with Gasteiger partial charge in [-0.25, -0.2) is 0 Å². The van der Waals surface area contributed by atoms with Crippen LogP contribution in [0.2, 0.25) is 0 Å². The Hall–Kier alpha value is -0.960. The molecule has 26 heavy (non-hydrogen) atoms. The molecule has 0 aromatic heterocycles. The molecule has 0 spiro atoms. The molecule has 5 nitrogen and oxygen atoms in total. The summed E-state index contributed by atoms with van der Waals surface area (Å²) < 4.78 is 0. The smallest absolute Gasteiger partial charge is 0.154 e. The van der Waals surface area contributed by atoms with Crippen molar-refractivity contribution >= 4 is 5.78 Å². The van der Waals surface area contributed by atoms with E-state index in [-0.39, 0.29) is 23.5 Å². The average Bonchev–Trinajstić information content (AvgIpc) is 2.49. The van der Waals surface area contributed by atoms with Crippen molar-refractivity contribution in [3.63, 3.8) is 0 Å². The summed E-state index contributed by atoms with van der Waals surface area (Å²) in [6.45, 7) is 6.07. The highest BCUT2D eigenvalue weighted by Gasteiger charge is 2.65. The molecule has 0 amide bonds. The highest BCUT2D eigenvalue weighted by atomic mass is 16.3. The van der Waals surface area contributed by atoms with E-state index in [1.807, 2.05) is 6.92 Å². The Labute approximate surface area is 157 Å². The van der Waals surface area contributed by atoms with E-state index in [4.69, 9.17) is 5.73 Å². The number of hydrogen-bond acceptors (Lipinski definition) is 5. The molecule has 4 aliphatic carbocycles. The molecule has 0 radical (unpaired) electrons. The van der Waals surface area contributed by atoms with Crippen LogP contribution in [0.5, 0.6) is 0 Å². The Balaban J connectivity index is 1.85. The van der Waals surface area contributed by atoms with Crippen molar-refractivity contribution in [2.45, 2.75) is 89.4 Å². The summed E-state index contributed by atoms with van der Waals surface area (Å²) in [5.74, 6) is -0.150. The molecule has 4 N–H and O–H groups in total.